The Morgan fingerprint density at radius 1 is 1.00 bits per heavy atom. The highest BCUT2D eigenvalue weighted by Gasteiger charge is 2.21. The normalized spacial score (nSPS) is 11.1. The molecule has 0 atom stereocenters. The molecule has 0 aliphatic heterocycles. The van der Waals surface area contributed by atoms with Crippen LogP contribution in [0.5, 0.6) is 5.75 Å². The van der Waals surface area contributed by atoms with Crippen molar-refractivity contribution in [2.24, 2.45) is 0 Å². The largest absolute Gasteiger partial charge is 0.497 e. The van der Waals surface area contributed by atoms with Gasteiger partial charge in [-0.05, 0) is 42.0 Å². The monoisotopic (exact) mass is 387 g/mol. The molecular weight excluding hydrogens is 370 g/mol. The predicted octanol–water partition coefficient (Wildman–Crippen LogP) is 3.52. The number of nitrogens with one attached hydrogen (secondary N) is 1. The van der Waals surface area contributed by atoms with E-state index in [1.165, 1.54) is 12.1 Å². The zero-order valence-corrected chi connectivity index (χ0v) is 15.6. The van der Waals surface area contributed by atoms with E-state index in [9.17, 15) is 13.2 Å². The minimum Gasteiger partial charge on any atom is -0.497 e. The van der Waals surface area contributed by atoms with Crippen molar-refractivity contribution >= 4 is 27.1 Å². The number of rotatable bonds is 6. The van der Waals surface area contributed by atoms with Crippen LogP contribution >= 0.6 is 11.3 Å². The highest BCUT2D eigenvalue weighted by Crippen LogP contribution is 2.27. The molecule has 0 aliphatic carbocycles. The van der Waals surface area contributed by atoms with Crippen LogP contribution < -0.4 is 10.1 Å². The Labute approximate surface area is 156 Å². The Balaban J connectivity index is 1.70. The number of hydrogen-bond donors (Lipinski definition) is 1. The van der Waals surface area contributed by atoms with E-state index in [1.54, 1.807) is 37.4 Å². The zero-order chi connectivity index (χ0) is 18.6. The molecule has 3 rings (SSSR count). The Bertz CT molecular complexity index is 994. The molecule has 5 nitrogen and oxygen atoms in total. The average Bonchev–Trinajstić information content (AvgIpc) is 3.18. The van der Waals surface area contributed by atoms with E-state index in [-0.39, 0.29) is 15.0 Å². The molecule has 0 saturated heterocycles. The fourth-order valence-electron chi connectivity index (χ4n) is 2.32. The van der Waals surface area contributed by atoms with Crippen molar-refractivity contribution in [3.05, 3.63) is 77.2 Å². The van der Waals surface area contributed by atoms with Crippen LogP contribution in [0.25, 0.3) is 0 Å². The van der Waals surface area contributed by atoms with Gasteiger partial charge in [0.15, 0.2) is 0 Å². The summed E-state index contributed by atoms with van der Waals surface area (Å²) in [5, 5.41) is 2.79. The summed E-state index contributed by atoms with van der Waals surface area (Å²) in [4.78, 5) is 12.9. The number of methoxy groups -OCH3 is 1. The minimum absolute atomic E-state index is 0.151. The van der Waals surface area contributed by atoms with Crippen LogP contribution in [0.4, 0.5) is 0 Å². The smallest absolute Gasteiger partial charge is 0.261 e. The van der Waals surface area contributed by atoms with E-state index >= 15 is 0 Å². The van der Waals surface area contributed by atoms with Crippen molar-refractivity contribution in [1.29, 1.82) is 0 Å². The van der Waals surface area contributed by atoms with E-state index in [1.807, 2.05) is 24.3 Å². The van der Waals surface area contributed by atoms with Crippen LogP contribution in [0.15, 0.2) is 75.8 Å². The number of amides is 1. The second-order valence-corrected chi connectivity index (χ2v) is 8.73. The summed E-state index contributed by atoms with van der Waals surface area (Å²) >= 11 is 0.964. The minimum atomic E-state index is -3.60. The Hall–Kier alpha value is -2.64. The third kappa shape index (κ3) is 3.95. The topological polar surface area (TPSA) is 72.5 Å². The van der Waals surface area contributed by atoms with Crippen molar-refractivity contribution in [2.75, 3.05) is 7.11 Å². The predicted molar refractivity (Wildman–Crippen MR) is 100 cm³/mol. The van der Waals surface area contributed by atoms with Crippen molar-refractivity contribution in [1.82, 2.24) is 5.32 Å². The summed E-state index contributed by atoms with van der Waals surface area (Å²) in [7, 11) is -2.01. The van der Waals surface area contributed by atoms with Crippen LogP contribution in [0.3, 0.4) is 0 Å². The van der Waals surface area contributed by atoms with E-state index in [0.717, 1.165) is 22.6 Å². The number of benzene rings is 2. The van der Waals surface area contributed by atoms with Gasteiger partial charge in [0.1, 0.15) is 9.96 Å². The van der Waals surface area contributed by atoms with Gasteiger partial charge in [0.05, 0.1) is 16.9 Å². The zero-order valence-electron chi connectivity index (χ0n) is 14.0. The Morgan fingerprint density at radius 3 is 2.35 bits per heavy atom. The first-order chi connectivity index (χ1) is 12.5. The maximum atomic E-state index is 12.6. The lowest BCUT2D eigenvalue weighted by Crippen LogP contribution is -2.21. The van der Waals surface area contributed by atoms with E-state index in [2.05, 4.69) is 5.32 Å². The molecule has 0 saturated carbocycles. The van der Waals surface area contributed by atoms with Gasteiger partial charge in [-0.25, -0.2) is 8.42 Å². The van der Waals surface area contributed by atoms with Crippen LogP contribution in [0.1, 0.15) is 15.2 Å². The molecule has 0 bridgehead atoms. The van der Waals surface area contributed by atoms with Gasteiger partial charge in [-0.15, -0.1) is 11.3 Å². The van der Waals surface area contributed by atoms with Gasteiger partial charge in [-0.3, -0.25) is 4.79 Å². The summed E-state index contributed by atoms with van der Waals surface area (Å²) in [5.74, 6) is 0.439. The summed E-state index contributed by atoms with van der Waals surface area (Å²) < 4.78 is 30.4. The number of carbonyl (C=O) groups is 1. The van der Waals surface area contributed by atoms with Gasteiger partial charge >= 0.3 is 0 Å². The molecule has 1 aromatic heterocycles. The molecule has 0 unspecified atom stereocenters. The molecule has 3 aromatic rings. The van der Waals surface area contributed by atoms with Crippen LogP contribution in [-0.4, -0.2) is 21.4 Å². The molecule has 1 heterocycles. The molecule has 2 aromatic carbocycles. The van der Waals surface area contributed by atoms with Crippen LogP contribution in [-0.2, 0) is 16.4 Å². The second-order valence-electron chi connectivity index (χ2n) is 5.47. The van der Waals surface area contributed by atoms with Gasteiger partial charge in [0.25, 0.3) is 5.91 Å². The molecule has 26 heavy (non-hydrogen) atoms. The first kappa shape index (κ1) is 18.2. The van der Waals surface area contributed by atoms with E-state index < -0.39 is 9.84 Å². The molecule has 7 heteroatoms. The average molecular weight is 387 g/mol. The van der Waals surface area contributed by atoms with E-state index in [4.69, 9.17) is 4.74 Å². The third-order valence-corrected chi connectivity index (χ3v) is 7.08. The molecule has 134 valence electrons. The maximum Gasteiger partial charge on any atom is 0.261 e. The number of sulfone groups is 1. The van der Waals surface area contributed by atoms with Gasteiger partial charge in [0, 0.05) is 6.54 Å². The van der Waals surface area contributed by atoms with Crippen LogP contribution in [0.2, 0.25) is 0 Å². The number of carbonyl (C=O) groups excluding carboxylic acids is 1. The molecule has 0 fully saturated rings. The number of hydrogen-bond acceptors (Lipinski definition) is 5. The molecule has 0 radical (unpaired) electrons. The SMILES string of the molecule is COc1ccc(CNC(=O)c2ccc(S(=O)(=O)c3ccccc3)s2)cc1. The highest BCUT2D eigenvalue weighted by atomic mass is 32.2. The van der Waals surface area contributed by atoms with E-state index in [0.29, 0.717) is 11.4 Å². The lowest BCUT2D eigenvalue weighted by Gasteiger charge is -2.05. The first-order valence-corrected chi connectivity index (χ1v) is 10.1. The van der Waals surface area contributed by atoms with Crippen molar-refractivity contribution in [3.63, 3.8) is 0 Å². The highest BCUT2D eigenvalue weighted by molar-refractivity contribution is 7.93. The molecule has 1 amide bonds. The van der Waals surface area contributed by atoms with Crippen molar-refractivity contribution in [2.45, 2.75) is 15.6 Å². The molecule has 1 N–H and O–H groups in total. The van der Waals surface area contributed by atoms with Gasteiger partial charge < -0.3 is 10.1 Å². The standard InChI is InChI=1S/C19H17NO4S2/c1-24-15-9-7-14(8-10-15)13-20-19(21)17-11-12-18(25-17)26(22,23)16-5-3-2-4-6-16/h2-12H,13H2,1H3,(H,20,21). The number of ether oxygens (including phenoxy) is 1. The third-order valence-electron chi connectivity index (χ3n) is 3.74. The van der Waals surface area contributed by atoms with Gasteiger partial charge in [0.2, 0.25) is 9.84 Å². The Kier molecular flexibility index (Phi) is 5.39. The van der Waals surface area contributed by atoms with Crippen molar-refractivity contribution in [3.8, 4) is 5.75 Å². The number of thiophene rings is 1. The quantitative estimate of drug-likeness (QED) is 0.702. The first-order valence-electron chi connectivity index (χ1n) is 7.82. The van der Waals surface area contributed by atoms with Crippen LogP contribution in [0, 0.1) is 0 Å². The second kappa shape index (κ2) is 7.72. The fraction of sp³-hybridized carbons (Fsp3) is 0.105. The molecule has 0 spiro atoms. The van der Waals surface area contributed by atoms with Gasteiger partial charge in [-0.2, -0.15) is 0 Å². The summed E-state index contributed by atoms with van der Waals surface area (Å²) in [6, 6.07) is 18.5. The summed E-state index contributed by atoms with van der Waals surface area (Å²) in [5.41, 5.74) is 0.924. The summed E-state index contributed by atoms with van der Waals surface area (Å²) in [6.07, 6.45) is 0. The van der Waals surface area contributed by atoms with Gasteiger partial charge in [-0.1, -0.05) is 30.3 Å². The lowest BCUT2D eigenvalue weighted by atomic mass is 10.2. The van der Waals surface area contributed by atoms with Crippen molar-refractivity contribution < 1.29 is 17.9 Å². The Morgan fingerprint density at radius 2 is 1.69 bits per heavy atom. The maximum absolute atomic E-state index is 12.6. The lowest BCUT2D eigenvalue weighted by molar-refractivity contribution is 0.0955. The molecular formula is C19H17NO4S2. The summed E-state index contributed by atoms with van der Waals surface area (Å²) in [6.45, 7) is 0.349. The molecule has 0 aliphatic rings. The fourth-order valence-corrected chi connectivity index (χ4v) is 4.96.